The van der Waals surface area contributed by atoms with Crippen molar-refractivity contribution in [3.05, 3.63) is 33.9 Å². The molecule has 0 spiro atoms. The molecule has 0 radical (unpaired) electrons. The molecule has 1 aromatic rings. The third kappa shape index (κ3) is 2.55. The fourth-order valence-corrected chi connectivity index (χ4v) is 2.24. The van der Waals surface area contributed by atoms with Gasteiger partial charge < -0.3 is 10.6 Å². The van der Waals surface area contributed by atoms with Gasteiger partial charge in [0, 0.05) is 36.4 Å². The number of nitro groups is 1. The molecule has 2 N–H and O–H groups in total. The summed E-state index contributed by atoms with van der Waals surface area (Å²) in [7, 11) is 0. The van der Waals surface area contributed by atoms with E-state index in [0.29, 0.717) is 5.56 Å². The molecule has 92 valence electrons. The molecule has 2 rings (SSSR count). The summed E-state index contributed by atoms with van der Waals surface area (Å²) in [5.74, 6) is 0. The van der Waals surface area contributed by atoms with E-state index >= 15 is 0 Å². The van der Waals surface area contributed by atoms with Crippen LogP contribution in [0.5, 0.6) is 0 Å². The number of anilines is 1. The summed E-state index contributed by atoms with van der Waals surface area (Å²) in [6, 6.07) is 5.55. The van der Waals surface area contributed by atoms with Crippen LogP contribution in [0.3, 0.4) is 0 Å². The molecule has 1 fully saturated rings. The molecule has 5 nitrogen and oxygen atoms in total. The summed E-state index contributed by atoms with van der Waals surface area (Å²) < 4.78 is 0. The quantitative estimate of drug-likeness (QED) is 0.627. The number of hydrogen-bond acceptors (Lipinski definition) is 4. The van der Waals surface area contributed by atoms with Gasteiger partial charge in [0.1, 0.15) is 0 Å². The van der Waals surface area contributed by atoms with E-state index in [9.17, 15) is 10.1 Å². The lowest BCUT2D eigenvalue weighted by atomic mass is 10.1. The van der Waals surface area contributed by atoms with Crippen molar-refractivity contribution in [2.45, 2.75) is 25.8 Å². The van der Waals surface area contributed by atoms with Crippen molar-refractivity contribution < 1.29 is 4.92 Å². The van der Waals surface area contributed by atoms with E-state index in [4.69, 9.17) is 5.73 Å². The highest BCUT2D eigenvalue weighted by atomic mass is 16.6. The lowest BCUT2D eigenvalue weighted by Crippen LogP contribution is -2.42. The van der Waals surface area contributed by atoms with Crippen LogP contribution in [0.4, 0.5) is 11.4 Å². The first-order valence-electron chi connectivity index (χ1n) is 5.83. The van der Waals surface area contributed by atoms with Crippen LogP contribution in [0, 0.1) is 17.0 Å². The highest BCUT2D eigenvalue weighted by molar-refractivity contribution is 5.56. The van der Waals surface area contributed by atoms with E-state index < -0.39 is 0 Å². The van der Waals surface area contributed by atoms with Gasteiger partial charge in [-0.1, -0.05) is 6.07 Å². The largest absolute Gasteiger partial charge is 0.370 e. The number of aryl methyl sites for hydroxylation is 1. The summed E-state index contributed by atoms with van der Waals surface area (Å²) >= 11 is 0. The second kappa shape index (κ2) is 4.71. The summed E-state index contributed by atoms with van der Waals surface area (Å²) in [6.07, 6.45) is 2.08. The van der Waals surface area contributed by atoms with Crippen LogP contribution in [-0.4, -0.2) is 24.1 Å². The van der Waals surface area contributed by atoms with Crippen LogP contribution in [0.15, 0.2) is 18.2 Å². The molecule has 1 aliphatic heterocycles. The van der Waals surface area contributed by atoms with E-state index in [2.05, 4.69) is 4.90 Å². The molecule has 0 bridgehead atoms. The highest BCUT2D eigenvalue weighted by Crippen LogP contribution is 2.26. The Hall–Kier alpha value is -1.62. The fraction of sp³-hybridized carbons (Fsp3) is 0.500. The molecular formula is C12H17N3O2. The van der Waals surface area contributed by atoms with Crippen molar-refractivity contribution in [1.29, 1.82) is 0 Å². The molecule has 1 saturated heterocycles. The van der Waals surface area contributed by atoms with Crippen molar-refractivity contribution in [2.75, 3.05) is 18.0 Å². The van der Waals surface area contributed by atoms with Gasteiger partial charge in [0.15, 0.2) is 0 Å². The Balaban J connectivity index is 2.26. The van der Waals surface area contributed by atoms with Crippen LogP contribution < -0.4 is 10.6 Å². The molecule has 0 saturated carbocycles. The van der Waals surface area contributed by atoms with Crippen LogP contribution in [-0.2, 0) is 0 Å². The molecule has 0 aromatic heterocycles. The second-order valence-electron chi connectivity index (χ2n) is 4.58. The first-order valence-corrected chi connectivity index (χ1v) is 5.83. The van der Waals surface area contributed by atoms with Gasteiger partial charge in [-0.25, -0.2) is 0 Å². The van der Waals surface area contributed by atoms with Crippen molar-refractivity contribution in [3.8, 4) is 0 Å². The SMILES string of the molecule is Cc1ccc(N2CCC[C@@H](N)C2)cc1[N+](=O)[O-]. The Morgan fingerprint density at radius 3 is 2.94 bits per heavy atom. The monoisotopic (exact) mass is 235 g/mol. The molecule has 0 aliphatic carbocycles. The smallest absolute Gasteiger partial charge is 0.274 e. The van der Waals surface area contributed by atoms with E-state index in [1.807, 2.05) is 6.07 Å². The second-order valence-corrected chi connectivity index (χ2v) is 4.58. The normalized spacial score (nSPS) is 20.4. The summed E-state index contributed by atoms with van der Waals surface area (Å²) in [6.45, 7) is 3.46. The maximum atomic E-state index is 10.9. The molecule has 1 aromatic carbocycles. The Morgan fingerprint density at radius 2 is 2.29 bits per heavy atom. The third-order valence-electron chi connectivity index (χ3n) is 3.21. The number of nitro benzene ring substituents is 1. The first-order chi connectivity index (χ1) is 8.08. The molecular weight excluding hydrogens is 218 g/mol. The number of rotatable bonds is 2. The van der Waals surface area contributed by atoms with Gasteiger partial charge in [0.25, 0.3) is 5.69 Å². The summed E-state index contributed by atoms with van der Waals surface area (Å²) in [5, 5.41) is 10.9. The zero-order valence-corrected chi connectivity index (χ0v) is 9.93. The zero-order chi connectivity index (χ0) is 12.4. The van der Waals surface area contributed by atoms with Crippen LogP contribution in [0.2, 0.25) is 0 Å². The van der Waals surface area contributed by atoms with Gasteiger partial charge in [0.05, 0.1) is 4.92 Å². The van der Waals surface area contributed by atoms with Crippen molar-refractivity contribution in [2.24, 2.45) is 5.73 Å². The molecule has 1 aliphatic rings. The third-order valence-corrected chi connectivity index (χ3v) is 3.21. The van der Waals surface area contributed by atoms with Gasteiger partial charge in [-0.3, -0.25) is 10.1 Å². The average Bonchev–Trinajstić information content (AvgIpc) is 2.29. The van der Waals surface area contributed by atoms with E-state index in [1.54, 1.807) is 19.1 Å². The molecule has 0 amide bonds. The molecule has 1 heterocycles. The lowest BCUT2D eigenvalue weighted by molar-refractivity contribution is -0.385. The van der Waals surface area contributed by atoms with Crippen molar-refractivity contribution >= 4 is 11.4 Å². The van der Waals surface area contributed by atoms with Gasteiger partial charge in [-0.2, -0.15) is 0 Å². The van der Waals surface area contributed by atoms with Crippen molar-refractivity contribution in [1.82, 2.24) is 0 Å². The average molecular weight is 235 g/mol. The summed E-state index contributed by atoms with van der Waals surface area (Å²) in [4.78, 5) is 12.7. The maximum Gasteiger partial charge on any atom is 0.274 e. The predicted octanol–water partition coefficient (Wildman–Crippen LogP) is 1.83. The van der Waals surface area contributed by atoms with E-state index in [0.717, 1.165) is 31.6 Å². The molecule has 5 heteroatoms. The number of benzene rings is 1. The van der Waals surface area contributed by atoms with Gasteiger partial charge in [-0.05, 0) is 25.8 Å². The molecule has 1 atom stereocenters. The van der Waals surface area contributed by atoms with E-state index in [-0.39, 0.29) is 16.7 Å². The van der Waals surface area contributed by atoms with E-state index in [1.165, 1.54) is 0 Å². The Bertz CT molecular complexity index is 434. The predicted molar refractivity (Wildman–Crippen MR) is 67.3 cm³/mol. The topological polar surface area (TPSA) is 72.4 Å². The minimum Gasteiger partial charge on any atom is -0.370 e. The first kappa shape index (κ1) is 11.9. The zero-order valence-electron chi connectivity index (χ0n) is 9.93. The molecule has 17 heavy (non-hydrogen) atoms. The number of nitrogens with zero attached hydrogens (tertiary/aromatic N) is 2. The minimum atomic E-state index is -0.331. The maximum absolute atomic E-state index is 10.9. The number of hydrogen-bond donors (Lipinski definition) is 1. The number of piperidine rings is 1. The fourth-order valence-electron chi connectivity index (χ4n) is 2.24. The molecule has 0 unspecified atom stereocenters. The van der Waals surface area contributed by atoms with Gasteiger partial charge in [-0.15, -0.1) is 0 Å². The lowest BCUT2D eigenvalue weighted by Gasteiger charge is -2.32. The van der Waals surface area contributed by atoms with Gasteiger partial charge >= 0.3 is 0 Å². The standard InChI is InChI=1S/C12H17N3O2/c1-9-4-5-11(7-12(9)15(16)17)14-6-2-3-10(13)8-14/h4-5,7,10H,2-3,6,8,13H2,1H3/t10-/m1/s1. The van der Waals surface area contributed by atoms with Crippen LogP contribution in [0.25, 0.3) is 0 Å². The minimum absolute atomic E-state index is 0.170. The Morgan fingerprint density at radius 1 is 1.53 bits per heavy atom. The number of nitrogens with two attached hydrogens (primary N) is 1. The summed E-state index contributed by atoms with van der Waals surface area (Å²) in [5.41, 5.74) is 7.69. The Labute approximate surface area is 100 Å². The van der Waals surface area contributed by atoms with Crippen molar-refractivity contribution in [3.63, 3.8) is 0 Å². The van der Waals surface area contributed by atoms with Crippen LogP contribution >= 0.6 is 0 Å². The Kier molecular flexibility index (Phi) is 3.28. The van der Waals surface area contributed by atoms with Crippen LogP contribution in [0.1, 0.15) is 18.4 Å². The highest BCUT2D eigenvalue weighted by Gasteiger charge is 2.19. The van der Waals surface area contributed by atoms with Gasteiger partial charge in [0.2, 0.25) is 0 Å².